The van der Waals surface area contributed by atoms with Gasteiger partial charge in [0.15, 0.2) is 11.5 Å². The fraction of sp³-hybridized carbons (Fsp3) is 0.217. The molecule has 6 nitrogen and oxygen atoms in total. The predicted octanol–water partition coefficient (Wildman–Crippen LogP) is 5.25. The van der Waals surface area contributed by atoms with Gasteiger partial charge in [0.1, 0.15) is 5.75 Å². The van der Waals surface area contributed by atoms with Crippen LogP contribution >= 0.6 is 0 Å². The van der Waals surface area contributed by atoms with Crippen molar-refractivity contribution in [3.63, 3.8) is 0 Å². The molecular formula is C23H19F3O6. The summed E-state index contributed by atoms with van der Waals surface area (Å²) in [7, 11) is 4.01. The van der Waals surface area contributed by atoms with Gasteiger partial charge < -0.3 is 18.9 Å². The molecule has 0 spiro atoms. The second-order valence-corrected chi connectivity index (χ2v) is 6.71. The van der Waals surface area contributed by atoms with E-state index in [1.54, 1.807) is 12.1 Å². The van der Waals surface area contributed by atoms with Crippen LogP contribution in [0, 0.1) is 0 Å². The zero-order valence-corrected chi connectivity index (χ0v) is 17.6. The number of alkyl halides is 3. The first-order valence-corrected chi connectivity index (χ1v) is 9.27. The van der Waals surface area contributed by atoms with Gasteiger partial charge in [-0.25, -0.2) is 4.79 Å². The van der Waals surface area contributed by atoms with Gasteiger partial charge in [0.2, 0.25) is 0 Å². The second-order valence-electron chi connectivity index (χ2n) is 6.71. The number of esters is 2. The normalized spacial score (nSPS) is 11.2. The topological polar surface area (TPSA) is 71.1 Å². The van der Waals surface area contributed by atoms with Crippen molar-refractivity contribution in [2.45, 2.75) is 13.1 Å². The first-order chi connectivity index (χ1) is 15.1. The fourth-order valence-corrected chi connectivity index (χ4v) is 3.36. The lowest BCUT2D eigenvalue weighted by atomic mass is 9.91. The van der Waals surface area contributed by atoms with Crippen molar-refractivity contribution in [1.29, 1.82) is 0 Å². The molecule has 0 aliphatic heterocycles. The highest BCUT2D eigenvalue weighted by Gasteiger charge is 2.30. The minimum absolute atomic E-state index is 0.00299. The Morgan fingerprint density at radius 2 is 1.38 bits per heavy atom. The number of ether oxygens (including phenoxy) is 4. The van der Waals surface area contributed by atoms with E-state index in [2.05, 4.69) is 0 Å². The summed E-state index contributed by atoms with van der Waals surface area (Å²) in [6, 6.07) is 8.78. The standard InChI is InChI=1S/C23H19F3O6/c1-12(27)32-18-11-17(22(28)31-4)21(13-5-7-14(8-6-13)23(24,25)26)16-10-20(30-3)19(29-2)9-15(16)18/h5-11H,1-4H3. The molecule has 3 aromatic carbocycles. The average molecular weight is 448 g/mol. The molecule has 0 radical (unpaired) electrons. The second kappa shape index (κ2) is 8.78. The minimum Gasteiger partial charge on any atom is -0.493 e. The molecule has 0 saturated carbocycles. The quantitative estimate of drug-likeness (QED) is 0.392. The number of methoxy groups -OCH3 is 3. The van der Waals surface area contributed by atoms with E-state index >= 15 is 0 Å². The largest absolute Gasteiger partial charge is 0.493 e. The van der Waals surface area contributed by atoms with Crippen LogP contribution in [0.2, 0.25) is 0 Å². The van der Waals surface area contributed by atoms with E-state index in [4.69, 9.17) is 18.9 Å². The maximum absolute atomic E-state index is 13.0. The highest BCUT2D eigenvalue weighted by atomic mass is 19.4. The van der Waals surface area contributed by atoms with Crippen molar-refractivity contribution in [3.05, 3.63) is 53.6 Å². The Morgan fingerprint density at radius 1 is 0.812 bits per heavy atom. The van der Waals surface area contributed by atoms with Crippen molar-refractivity contribution in [1.82, 2.24) is 0 Å². The molecule has 0 aliphatic rings. The van der Waals surface area contributed by atoms with Gasteiger partial charge in [-0.1, -0.05) is 12.1 Å². The third kappa shape index (κ3) is 4.32. The number of hydrogen-bond donors (Lipinski definition) is 0. The highest BCUT2D eigenvalue weighted by Crippen LogP contribution is 2.44. The summed E-state index contributed by atoms with van der Waals surface area (Å²) < 4.78 is 60.0. The van der Waals surface area contributed by atoms with Gasteiger partial charge in [0, 0.05) is 17.9 Å². The Balaban J connectivity index is 2.43. The average Bonchev–Trinajstić information content (AvgIpc) is 2.76. The molecule has 32 heavy (non-hydrogen) atoms. The Morgan fingerprint density at radius 3 is 1.84 bits per heavy atom. The SMILES string of the molecule is COC(=O)c1cc(OC(C)=O)c2cc(OC)c(OC)cc2c1-c1ccc(C(F)(F)F)cc1. The molecule has 0 N–H and O–H groups in total. The molecule has 0 unspecified atom stereocenters. The first-order valence-electron chi connectivity index (χ1n) is 9.27. The Hall–Kier alpha value is -3.75. The third-order valence-electron chi connectivity index (χ3n) is 4.76. The van der Waals surface area contributed by atoms with Crippen molar-refractivity contribution >= 4 is 22.7 Å². The summed E-state index contributed by atoms with van der Waals surface area (Å²) in [6.45, 7) is 1.20. The van der Waals surface area contributed by atoms with Crippen molar-refractivity contribution in [2.75, 3.05) is 21.3 Å². The number of carbonyl (C=O) groups excluding carboxylic acids is 2. The molecule has 168 valence electrons. The van der Waals surface area contributed by atoms with Gasteiger partial charge in [-0.3, -0.25) is 4.79 Å². The summed E-state index contributed by atoms with van der Waals surface area (Å²) in [5.74, 6) is -0.685. The van der Waals surface area contributed by atoms with Crippen LogP contribution in [-0.4, -0.2) is 33.3 Å². The predicted molar refractivity (Wildman–Crippen MR) is 110 cm³/mol. The smallest absolute Gasteiger partial charge is 0.416 e. The number of hydrogen-bond acceptors (Lipinski definition) is 6. The van der Waals surface area contributed by atoms with E-state index in [-0.39, 0.29) is 16.9 Å². The van der Waals surface area contributed by atoms with Gasteiger partial charge in [0.25, 0.3) is 0 Å². The molecular weight excluding hydrogens is 429 g/mol. The van der Waals surface area contributed by atoms with Crippen LogP contribution in [0.1, 0.15) is 22.8 Å². The van der Waals surface area contributed by atoms with Crippen LogP contribution in [0.15, 0.2) is 42.5 Å². The number of benzene rings is 3. The Kier molecular flexibility index (Phi) is 6.29. The molecule has 0 fully saturated rings. The first kappa shape index (κ1) is 22.9. The molecule has 0 saturated heterocycles. The Labute approximate surface area is 181 Å². The van der Waals surface area contributed by atoms with Crippen LogP contribution in [0.25, 0.3) is 21.9 Å². The zero-order valence-electron chi connectivity index (χ0n) is 17.6. The highest BCUT2D eigenvalue weighted by molar-refractivity contribution is 6.11. The van der Waals surface area contributed by atoms with Crippen LogP contribution in [-0.2, 0) is 15.7 Å². The van der Waals surface area contributed by atoms with E-state index in [1.165, 1.54) is 46.5 Å². The minimum atomic E-state index is -4.51. The van der Waals surface area contributed by atoms with Crippen LogP contribution in [0.4, 0.5) is 13.2 Å². The van der Waals surface area contributed by atoms with Crippen molar-refractivity contribution < 1.29 is 41.7 Å². The molecule has 0 bridgehead atoms. The summed E-state index contributed by atoms with van der Waals surface area (Å²) in [6.07, 6.45) is -4.51. The van der Waals surface area contributed by atoms with E-state index in [1.807, 2.05) is 0 Å². The van der Waals surface area contributed by atoms with E-state index in [9.17, 15) is 22.8 Å². The van der Waals surface area contributed by atoms with Crippen LogP contribution in [0.5, 0.6) is 17.2 Å². The van der Waals surface area contributed by atoms with E-state index < -0.39 is 23.7 Å². The summed E-state index contributed by atoms with van der Waals surface area (Å²) in [5, 5.41) is 0.780. The van der Waals surface area contributed by atoms with Gasteiger partial charge in [-0.2, -0.15) is 13.2 Å². The number of fused-ring (bicyclic) bond motifs is 1. The lowest BCUT2D eigenvalue weighted by molar-refractivity contribution is -0.137. The lowest BCUT2D eigenvalue weighted by Crippen LogP contribution is -2.09. The molecule has 0 aromatic heterocycles. The molecule has 3 rings (SSSR count). The van der Waals surface area contributed by atoms with Gasteiger partial charge in [-0.15, -0.1) is 0 Å². The third-order valence-corrected chi connectivity index (χ3v) is 4.76. The fourth-order valence-electron chi connectivity index (χ4n) is 3.36. The Bertz CT molecular complexity index is 1180. The number of carbonyl (C=O) groups is 2. The van der Waals surface area contributed by atoms with Gasteiger partial charge in [0.05, 0.1) is 32.5 Å². The molecule has 3 aromatic rings. The molecule has 0 amide bonds. The maximum atomic E-state index is 13.0. The summed E-state index contributed by atoms with van der Waals surface area (Å²) >= 11 is 0. The van der Waals surface area contributed by atoms with E-state index in [0.29, 0.717) is 27.8 Å². The zero-order chi connectivity index (χ0) is 23.6. The molecule has 0 heterocycles. The number of rotatable bonds is 5. The number of halogens is 3. The molecule has 0 atom stereocenters. The maximum Gasteiger partial charge on any atom is 0.416 e. The van der Waals surface area contributed by atoms with Crippen molar-refractivity contribution in [2.24, 2.45) is 0 Å². The van der Waals surface area contributed by atoms with E-state index in [0.717, 1.165) is 12.1 Å². The lowest BCUT2D eigenvalue weighted by Gasteiger charge is -2.18. The monoisotopic (exact) mass is 448 g/mol. The van der Waals surface area contributed by atoms with Crippen molar-refractivity contribution in [3.8, 4) is 28.4 Å². The summed E-state index contributed by atoms with van der Waals surface area (Å²) in [5.41, 5.74) is -0.216. The van der Waals surface area contributed by atoms with Crippen LogP contribution in [0.3, 0.4) is 0 Å². The molecule has 9 heteroatoms. The summed E-state index contributed by atoms with van der Waals surface area (Å²) in [4.78, 5) is 24.3. The van der Waals surface area contributed by atoms with Crippen LogP contribution < -0.4 is 14.2 Å². The molecule has 0 aliphatic carbocycles. The van der Waals surface area contributed by atoms with Gasteiger partial charge in [-0.05, 0) is 41.3 Å². The van der Waals surface area contributed by atoms with Gasteiger partial charge >= 0.3 is 18.1 Å².